The molecule has 0 saturated carbocycles. The largest absolute Gasteiger partial charge is 0.478 e. The summed E-state index contributed by atoms with van der Waals surface area (Å²) in [5, 5.41) is 12.5. The second-order valence-electron chi connectivity index (χ2n) is 5.10. The Labute approximate surface area is 120 Å². The fraction of sp³-hybridized carbons (Fsp3) is 0.600. The Morgan fingerprint density at radius 3 is 2.80 bits per heavy atom. The number of carboxylic acid groups (broad SMARTS) is 1. The maximum absolute atomic E-state index is 11.3. The van der Waals surface area contributed by atoms with Gasteiger partial charge >= 0.3 is 5.97 Å². The van der Waals surface area contributed by atoms with Crippen molar-refractivity contribution in [2.75, 3.05) is 31.5 Å². The number of aromatic carboxylic acids is 1. The Balaban J connectivity index is 2.08. The summed E-state index contributed by atoms with van der Waals surface area (Å²) in [7, 11) is 0. The standard InChI is InChI=1S/C15H23N3O2/c1-3-18(4-2)9-8-16-14-12(15(19)20)10-11-6-5-7-13(11)17-14/h10H,3-9H2,1-2H3,(H,16,17)(H,19,20). The van der Waals surface area contributed by atoms with Crippen LogP contribution in [0.5, 0.6) is 0 Å². The Kier molecular flexibility index (Phi) is 4.95. The number of carboxylic acids is 1. The zero-order chi connectivity index (χ0) is 14.5. The number of nitrogens with zero attached hydrogens (tertiary/aromatic N) is 2. The van der Waals surface area contributed by atoms with Crippen molar-refractivity contribution < 1.29 is 9.90 Å². The average molecular weight is 277 g/mol. The van der Waals surface area contributed by atoms with Crippen LogP contribution in [-0.4, -0.2) is 47.1 Å². The summed E-state index contributed by atoms with van der Waals surface area (Å²) in [6.45, 7) is 7.86. The van der Waals surface area contributed by atoms with E-state index in [4.69, 9.17) is 0 Å². The van der Waals surface area contributed by atoms with Gasteiger partial charge in [0.1, 0.15) is 11.4 Å². The van der Waals surface area contributed by atoms with Gasteiger partial charge in [-0.3, -0.25) is 0 Å². The van der Waals surface area contributed by atoms with E-state index in [2.05, 4.69) is 29.0 Å². The highest BCUT2D eigenvalue weighted by molar-refractivity contribution is 5.93. The van der Waals surface area contributed by atoms with Crippen molar-refractivity contribution >= 4 is 11.8 Å². The van der Waals surface area contributed by atoms with Gasteiger partial charge in [-0.15, -0.1) is 0 Å². The van der Waals surface area contributed by atoms with E-state index in [1.165, 1.54) is 0 Å². The normalized spacial score (nSPS) is 13.6. The molecule has 0 atom stereocenters. The molecule has 20 heavy (non-hydrogen) atoms. The molecule has 5 nitrogen and oxygen atoms in total. The zero-order valence-corrected chi connectivity index (χ0v) is 12.3. The molecule has 0 saturated heterocycles. The number of anilines is 1. The van der Waals surface area contributed by atoms with Gasteiger partial charge in [0.2, 0.25) is 0 Å². The first-order valence-corrected chi connectivity index (χ1v) is 7.38. The number of pyridine rings is 1. The van der Waals surface area contributed by atoms with Crippen LogP contribution < -0.4 is 5.32 Å². The van der Waals surface area contributed by atoms with Crippen molar-refractivity contribution in [1.82, 2.24) is 9.88 Å². The van der Waals surface area contributed by atoms with E-state index in [0.29, 0.717) is 17.9 Å². The molecule has 0 aromatic carbocycles. The van der Waals surface area contributed by atoms with Crippen molar-refractivity contribution in [3.63, 3.8) is 0 Å². The molecule has 0 aliphatic heterocycles. The number of likely N-dealkylation sites (N-methyl/N-ethyl adjacent to an activating group) is 1. The molecule has 2 N–H and O–H groups in total. The molecule has 2 rings (SSSR count). The summed E-state index contributed by atoms with van der Waals surface area (Å²) in [6.07, 6.45) is 2.98. The number of nitrogens with one attached hydrogen (secondary N) is 1. The van der Waals surface area contributed by atoms with Crippen LogP contribution in [-0.2, 0) is 12.8 Å². The fourth-order valence-electron chi connectivity index (χ4n) is 2.64. The minimum atomic E-state index is -0.905. The SMILES string of the molecule is CCN(CC)CCNc1nc2c(cc1C(=O)O)CCC2. The van der Waals surface area contributed by atoms with Gasteiger partial charge in [0, 0.05) is 18.8 Å². The molecule has 1 heterocycles. The monoisotopic (exact) mass is 277 g/mol. The molecule has 0 fully saturated rings. The molecule has 1 aromatic rings. The Hall–Kier alpha value is -1.62. The molecule has 0 unspecified atom stereocenters. The van der Waals surface area contributed by atoms with E-state index in [1.54, 1.807) is 6.07 Å². The lowest BCUT2D eigenvalue weighted by Crippen LogP contribution is -2.29. The van der Waals surface area contributed by atoms with Crippen molar-refractivity contribution in [1.29, 1.82) is 0 Å². The van der Waals surface area contributed by atoms with Crippen LogP contribution in [0.1, 0.15) is 41.9 Å². The van der Waals surface area contributed by atoms with Crippen LogP contribution >= 0.6 is 0 Å². The third-order valence-electron chi connectivity index (χ3n) is 3.90. The van der Waals surface area contributed by atoms with E-state index in [9.17, 15) is 9.90 Å². The van der Waals surface area contributed by atoms with Gasteiger partial charge in [0.15, 0.2) is 0 Å². The number of aryl methyl sites for hydroxylation is 2. The molecular formula is C15H23N3O2. The van der Waals surface area contributed by atoms with Gasteiger partial charge in [0.25, 0.3) is 0 Å². The highest BCUT2D eigenvalue weighted by Crippen LogP contribution is 2.25. The topological polar surface area (TPSA) is 65.5 Å². The van der Waals surface area contributed by atoms with Gasteiger partial charge in [-0.25, -0.2) is 9.78 Å². The molecule has 1 aliphatic rings. The molecule has 110 valence electrons. The van der Waals surface area contributed by atoms with Crippen molar-refractivity contribution in [2.24, 2.45) is 0 Å². The average Bonchev–Trinajstić information content (AvgIpc) is 2.89. The highest BCUT2D eigenvalue weighted by atomic mass is 16.4. The third kappa shape index (κ3) is 3.28. The zero-order valence-electron chi connectivity index (χ0n) is 12.3. The van der Waals surface area contributed by atoms with E-state index in [-0.39, 0.29) is 0 Å². The molecule has 0 spiro atoms. The van der Waals surface area contributed by atoms with E-state index < -0.39 is 5.97 Å². The quantitative estimate of drug-likeness (QED) is 0.798. The lowest BCUT2D eigenvalue weighted by molar-refractivity contribution is 0.0697. The van der Waals surface area contributed by atoms with Gasteiger partial charge in [-0.1, -0.05) is 13.8 Å². The second-order valence-corrected chi connectivity index (χ2v) is 5.10. The van der Waals surface area contributed by atoms with Crippen LogP contribution in [0.3, 0.4) is 0 Å². The Morgan fingerprint density at radius 2 is 2.15 bits per heavy atom. The van der Waals surface area contributed by atoms with Crippen molar-refractivity contribution in [2.45, 2.75) is 33.1 Å². The summed E-state index contributed by atoms with van der Waals surface area (Å²) in [6, 6.07) is 1.79. The maximum atomic E-state index is 11.3. The van der Waals surface area contributed by atoms with E-state index in [1.807, 2.05) is 0 Å². The molecule has 1 aliphatic carbocycles. The summed E-state index contributed by atoms with van der Waals surface area (Å²) < 4.78 is 0. The first-order chi connectivity index (χ1) is 9.65. The fourth-order valence-corrected chi connectivity index (χ4v) is 2.64. The number of carbonyl (C=O) groups is 1. The van der Waals surface area contributed by atoms with Gasteiger partial charge < -0.3 is 15.3 Å². The van der Waals surface area contributed by atoms with Crippen molar-refractivity contribution in [3.8, 4) is 0 Å². The lowest BCUT2D eigenvalue weighted by Gasteiger charge is -2.19. The van der Waals surface area contributed by atoms with E-state index in [0.717, 1.165) is 50.2 Å². The number of hydrogen-bond donors (Lipinski definition) is 2. The summed E-state index contributed by atoms with van der Waals surface area (Å²) in [4.78, 5) is 18.1. The predicted molar refractivity (Wildman–Crippen MR) is 79.5 cm³/mol. The van der Waals surface area contributed by atoms with Crippen LogP contribution in [0.4, 0.5) is 5.82 Å². The predicted octanol–water partition coefficient (Wildman–Crippen LogP) is 2.02. The van der Waals surface area contributed by atoms with Gasteiger partial charge in [0.05, 0.1) is 0 Å². The van der Waals surface area contributed by atoms with E-state index >= 15 is 0 Å². The molecule has 0 amide bonds. The number of fused-ring (bicyclic) bond motifs is 1. The minimum absolute atomic E-state index is 0.296. The third-order valence-corrected chi connectivity index (χ3v) is 3.90. The first kappa shape index (κ1) is 14.8. The van der Waals surface area contributed by atoms with Gasteiger partial charge in [-0.05, 0) is 44.0 Å². The first-order valence-electron chi connectivity index (χ1n) is 7.38. The Morgan fingerprint density at radius 1 is 1.40 bits per heavy atom. The molecular weight excluding hydrogens is 254 g/mol. The molecule has 1 aromatic heterocycles. The second kappa shape index (κ2) is 6.70. The number of aromatic nitrogens is 1. The summed E-state index contributed by atoms with van der Waals surface area (Å²) in [5.74, 6) is -0.386. The van der Waals surface area contributed by atoms with Crippen LogP contribution in [0, 0.1) is 0 Å². The number of hydrogen-bond acceptors (Lipinski definition) is 4. The molecule has 0 bridgehead atoms. The Bertz CT molecular complexity index is 484. The molecule has 0 radical (unpaired) electrons. The minimum Gasteiger partial charge on any atom is -0.478 e. The van der Waals surface area contributed by atoms with Gasteiger partial charge in [-0.2, -0.15) is 0 Å². The smallest absolute Gasteiger partial charge is 0.339 e. The summed E-state index contributed by atoms with van der Waals surface area (Å²) in [5.41, 5.74) is 2.45. The molecule has 5 heteroatoms. The van der Waals surface area contributed by atoms with Crippen LogP contribution in [0.25, 0.3) is 0 Å². The van der Waals surface area contributed by atoms with Crippen molar-refractivity contribution in [3.05, 3.63) is 22.9 Å². The maximum Gasteiger partial charge on any atom is 0.339 e. The highest BCUT2D eigenvalue weighted by Gasteiger charge is 2.19. The summed E-state index contributed by atoms with van der Waals surface area (Å²) >= 11 is 0. The van der Waals surface area contributed by atoms with Crippen LogP contribution in [0.2, 0.25) is 0 Å². The van der Waals surface area contributed by atoms with Crippen LogP contribution in [0.15, 0.2) is 6.07 Å². The number of rotatable bonds is 7. The lowest BCUT2D eigenvalue weighted by atomic mass is 10.1.